The van der Waals surface area contributed by atoms with Crippen molar-refractivity contribution in [1.29, 1.82) is 0 Å². The first-order valence-electron chi connectivity index (χ1n) is 6.14. The van der Waals surface area contributed by atoms with E-state index in [9.17, 15) is 10.2 Å². The zero-order valence-electron chi connectivity index (χ0n) is 10.7. The van der Waals surface area contributed by atoms with E-state index in [1.54, 1.807) is 0 Å². The Morgan fingerprint density at radius 2 is 2.10 bits per heavy atom. The second-order valence-electron chi connectivity index (χ2n) is 4.64. The number of nitrogens with zero attached hydrogens (tertiary/aromatic N) is 4. The van der Waals surface area contributed by atoms with Crippen LogP contribution >= 0.6 is 12.2 Å². The van der Waals surface area contributed by atoms with Crippen molar-refractivity contribution in [1.82, 2.24) is 19.5 Å². The van der Waals surface area contributed by atoms with Gasteiger partial charge in [-0.15, -0.1) is 0 Å². The summed E-state index contributed by atoms with van der Waals surface area (Å²) in [4.78, 5) is 12.3. The van der Waals surface area contributed by atoms with Gasteiger partial charge in [0.1, 0.15) is 40.8 Å². The van der Waals surface area contributed by atoms with Gasteiger partial charge in [0, 0.05) is 0 Å². The third kappa shape index (κ3) is 2.17. The van der Waals surface area contributed by atoms with Crippen molar-refractivity contribution in [2.45, 2.75) is 24.5 Å². The first kappa shape index (κ1) is 14.2. The number of thiocarbonyl (C=S) groups is 1. The van der Waals surface area contributed by atoms with Gasteiger partial charge in [-0.3, -0.25) is 4.57 Å². The molecule has 112 valence electrons. The summed E-state index contributed by atoms with van der Waals surface area (Å²) < 4.78 is 6.88. The summed E-state index contributed by atoms with van der Waals surface area (Å²) in [5, 5.41) is 29.0. The Bertz CT molecular complexity index is 692. The van der Waals surface area contributed by atoms with Crippen LogP contribution in [-0.4, -0.2) is 64.7 Å². The van der Waals surface area contributed by atoms with Crippen molar-refractivity contribution in [2.75, 3.05) is 6.61 Å². The van der Waals surface area contributed by atoms with Gasteiger partial charge in [0.2, 0.25) is 0 Å². The molecule has 2 aromatic rings. The average Bonchev–Trinajstić information content (AvgIpc) is 3.01. The van der Waals surface area contributed by atoms with Gasteiger partial charge in [-0.1, -0.05) is 12.2 Å². The second kappa shape index (κ2) is 5.24. The molecule has 9 nitrogen and oxygen atoms in total. The minimum Gasteiger partial charge on any atom is -0.394 e. The number of aromatic nitrogens is 4. The fraction of sp³-hybridized carbons (Fsp3) is 0.455. The summed E-state index contributed by atoms with van der Waals surface area (Å²) in [6.45, 7) is -0.408. The molecule has 0 aromatic carbocycles. The smallest absolute Gasteiger partial charge is 0.166 e. The average molecular weight is 311 g/mol. The van der Waals surface area contributed by atoms with Crippen molar-refractivity contribution in [3.05, 3.63) is 18.3 Å². The maximum Gasteiger partial charge on any atom is 0.166 e. The van der Waals surface area contributed by atoms with E-state index in [2.05, 4.69) is 15.0 Å². The molecule has 0 radical (unpaired) electrons. The fourth-order valence-electron chi connectivity index (χ4n) is 2.33. The Morgan fingerprint density at radius 1 is 1.33 bits per heavy atom. The van der Waals surface area contributed by atoms with Crippen LogP contribution in [0.5, 0.6) is 0 Å². The van der Waals surface area contributed by atoms with Crippen LogP contribution in [0.2, 0.25) is 0 Å². The van der Waals surface area contributed by atoms with Gasteiger partial charge in [-0.25, -0.2) is 15.0 Å². The zero-order chi connectivity index (χ0) is 15.1. The summed E-state index contributed by atoms with van der Waals surface area (Å²) >= 11 is 4.90. The van der Waals surface area contributed by atoms with Gasteiger partial charge in [0.05, 0.1) is 12.9 Å². The highest BCUT2D eigenvalue weighted by atomic mass is 32.1. The maximum absolute atomic E-state index is 10.0. The molecule has 21 heavy (non-hydrogen) atoms. The lowest BCUT2D eigenvalue weighted by Gasteiger charge is -2.16. The highest BCUT2D eigenvalue weighted by Crippen LogP contribution is 2.31. The van der Waals surface area contributed by atoms with Gasteiger partial charge in [0.15, 0.2) is 11.9 Å². The topological polar surface area (TPSA) is 140 Å². The van der Waals surface area contributed by atoms with E-state index in [0.29, 0.717) is 16.9 Å². The molecule has 1 fully saturated rings. The van der Waals surface area contributed by atoms with E-state index >= 15 is 0 Å². The maximum atomic E-state index is 10.0. The summed E-state index contributed by atoms with van der Waals surface area (Å²) in [6, 6.07) is 0. The molecule has 3 rings (SSSR count). The molecule has 2 aromatic heterocycles. The summed E-state index contributed by atoms with van der Waals surface area (Å²) in [5.74, 6) is 0. The van der Waals surface area contributed by atoms with E-state index in [-0.39, 0.29) is 4.99 Å². The summed E-state index contributed by atoms with van der Waals surface area (Å²) in [5.41, 5.74) is 6.63. The SMILES string of the molecule is NC(=S)c1ncnc2c1ncn2C1O[C@H](CO)[C@@H](O)[C@H]1O. The Morgan fingerprint density at radius 3 is 2.71 bits per heavy atom. The summed E-state index contributed by atoms with van der Waals surface area (Å²) in [6.07, 6.45) is -1.55. The third-order valence-corrected chi connectivity index (χ3v) is 3.58. The predicted molar refractivity (Wildman–Crippen MR) is 74.2 cm³/mol. The van der Waals surface area contributed by atoms with Crippen LogP contribution in [0, 0.1) is 0 Å². The van der Waals surface area contributed by atoms with E-state index in [4.69, 9.17) is 27.8 Å². The fourth-order valence-corrected chi connectivity index (χ4v) is 2.48. The van der Waals surface area contributed by atoms with Gasteiger partial charge >= 0.3 is 0 Å². The highest BCUT2D eigenvalue weighted by Gasteiger charge is 2.44. The van der Waals surface area contributed by atoms with Gasteiger partial charge in [-0.05, 0) is 0 Å². The second-order valence-corrected chi connectivity index (χ2v) is 5.08. The van der Waals surface area contributed by atoms with Gasteiger partial charge in [-0.2, -0.15) is 0 Å². The monoisotopic (exact) mass is 311 g/mol. The largest absolute Gasteiger partial charge is 0.394 e. The first-order chi connectivity index (χ1) is 10.0. The minimum atomic E-state index is -1.22. The van der Waals surface area contributed by atoms with Crippen LogP contribution in [0.3, 0.4) is 0 Å². The molecule has 4 atom stereocenters. The molecule has 0 bridgehead atoms. The number of nitrogens with two attached hydrogens (primary N) is 1. The molecule has 0 saturated carbocycles. The molecule has 1 aliphatic heterocycles. The third-order valence-electron chi connectivity index (χ3n) is 3.38. The van der Waals surface area contributed by atoms with Crippen LogP contribution in [0.15, 0.2) is 12.7 Å². The Balaban J connectivity index is 2.06. The van der Waals surface area contributed by atoms with Crippen molar-refractivity contribution in [2.24, 2.45) is 5.73 Å². The van der Waals surface area contributed by atoms with Crippen LogP contribution in [0.25, 0.3) is 11.2 Å². The van der Waals surface area contributed by atoms with Crippen molar-refractivity contribution in [3.8, 4) is 0 Å². The molecule has 3 heterocycles. The number of aliphatic hydroxyl groups excluding tert-OH is 3. The quantitative estimate of drug-likeness (QED) is 0.477. The molecule has 0 amide bonds. The van der Waals surface area contributed by atoms with Crippen LogP contribution < -0.4 is 5.73 Å². The standard InChI is InChI=1S/C11H13N5O4S/c12-9(21)5-6-10(14-2-13-5)16(3-15-6)11-8(19)7(18)4(1-17)20-11/h2-4,7-8,11,17-19H,1H2,(H2,12,21)/t4-,7-,8-,11?/m1/s1. The molecular formula is C11H13N5O4S. The molecule has 10 heteroatoms. The zero-order valence-corrected chi connectivity index (χ0v) is 11.5. The lowest BCUT2D eigenvalue weighted by molar-refractivity contribution is -0.0511. The number of imidazole rings is 1. The van der Waals surface area contributed by atoms with Crippen molar-refractivity contribution >= 4 is 28.4 Å². The van der Waals surface area contributed by atoms with E-state index in [1.165, 1.54) is 17.2 Å². The molecule has 1 unspecified atom stereocenters. The van der Waals surface area contributed by atoms with Crippen LogP contribution in [0.4, 0.5) is 0 Å². The van der Waals surface area contributed by atoms with E-state index in [1.807, 2.05) is 0 Å². The highest BCUT2D eigenvalue weighted by molar-refractivity contribution is 7.80. The molecule has 1 saturated heterocycles. The Labute approximate surface area is 124 Å². The minimum absolute atomic E-state index is 0.0776. The number of fused-ring (bicyclic) bond motifs is 1. The molecule has 5 N–H and O–H groups in total. The van der Waals surface area contributed by atoms with Crippen LogP contribution in [-0.2, 0) is 4.74 Å². The number of rotatable bonds is 3. The predicted octanol–water partition coefficient (Wildman–Crippen LogP) is -1.93. The van der Waals surface area contributed by atoms with Crippen molar-refractivity contribution < 1.29 is 20.1 Å². The van der Waals surface area contributed by atoms with Gasteiger partial charge in [0.25, 0.3) is 0 Å². The van der Waals surface area contributed by atoms with Crippen molar-refractivity contribution in [3.63, 3.8) is 0 Å². The molecule has 0 spiro atoms. The Kier molecular flexibility index (Phi) is 3.55. The normalized spacial score (nSPS) is 29.1. The molecule has 0 aliphatic carbocycles. The summed E-state index contributed by atoms with van der Waals surface area (Å²) in [7, 11) is 0. The van der Waals surface area contributed by atoms with E-state index in [0.717, 1.165) is 0 Å². The lowest BCUT2D eigenvalue weighted by atomic mass is 10.1. The first-order valence-corrected chi connectivity index (χ1v) is 6.55. The molecule has 1 aliphatic rings. The number of hydrogen-bond donors (Lipinski definition) is 4. The molecular weight excluding hydrogens is 298 g/mol. The number of ether oxygens (including phenoxy) is 1. The number of hydrogen-bond acceptors (Lipinski definition) is 8. The number of aliphatic hydroxyl groups is 3. The van der Waals surface area contributed by atoms with Gasteiger partial charge < -0.3 is 25.8 Å². The van der Waals surface area contributed by atoms with E-state index < -0.39 is 31.1 Å². The Hall–Kier alpha value is -1.72. The lowest BCUT2D eigenvalue weighted by Crippen LogP contribution is -2.33. The van der Waals surface area contributed by atoms with Crippen LogP contribution in [0.1, 0.15) is 11.9 Å².